The van der Waals surface area contributed by atoms with E-state index < -0.39 is 9.84 Å². The highest BCUT2D eigenvalue weighted by Gasteiger charge is 2.29. The van der Waals surface area contributed by atoms with Crippen molar-refractivity contribution in [3.05, 3.63) is 60.5 Å². The summed E-state index contributed by atoms with van der Waals surface area (Å²) < 4.78 is 34.2. The van der Waals surface area contributed by atoms with E-state index in [2.05, 4.69) is 20.3 Å². The van der Waals surface area contributed by atoms with Gasteiger partial charge in [-0.1, -0.05) is 18.2 Å². The highest BCUT2D eigenvalue weighted by Crippen LogP contribution is 2.32. The van der Waals surface area contributed by atoms with Gasteiger partial charge < -0.3 is 14.6 Å². The quantitative estimate of drug-likeness (QED) is 0.450. The highest BCUT2D eigenvalue weighted by molar-refractivity contribution is 7.91. The van der Waals surface area contributed by atoms with Gasteiger partial charge in [0.15, 0.2) is 22.1 Å². The van der Waals surface area contributed by atoms with E-state index >= 15 is 0 Å². The lowest BCUT2D eigenvalue weighted by atomic mass is 10.2. The van der Waals surface area contributed by atoms with Gasteiger partial charge in [-0.05, 0) is 63.8 Å². The second kappa shape index (κ2) is 8.52. The first-order valence-corrected chi connectivity index (χ1v) is 11.5. The van der Waals surface area contributed by atoms with Crippen LogP contribution in [-0.2, 0) is 16.3 Å². The Morgan fingerprint density at radius 3 is 2.55 bits per heavy atom. The molecule has 0 bridgehead atoms. The maximum atomic E-state index is 13.5. The molecule has 0 unspecified atom stereocenters. The summed E-state index contributed by atoms with van der Waals surface area (Å²) in [7, 11) is 1.85. The molecular weight excluding hydrogens is 414 g/mol. The molecule has 0 spiro atoms. The molecular formula is C22H25N5O3S. The summed E-state index contributed by atoms with van der Waals surface area (Å²) in [6.45, 7) is 0.898. The van der Waals surface area contributed by atoms with Gasteiger partial charge in [-0.3, -0.25) is 0 Å². The van der Waals surface area contributed by atoms with Crippen LogP contribution in [0.3, 0.4) is 0 Å². The minimum atomic E-state index is -3.85. The Hall–Kier alpha value is -3.17. The SMILES string of the molecule is CNc1nn2c(CCCN(C)C)cc(-c3ccco3)nc2c1S(=O)(=O)c1ccccc1. The predicted octanol–water partition coefficient (Wildman–Crippen LogP) is 3.36. The number of nitrogens with zero attached hydrogens (tertiary/aromatic N) is 4. The van der Waals surface area contributed by atoms with Crippen molar-refractivity contribution in [1.29, 1.82) is 0 Å². The topological polar surface area (TPSA) is 92.7 Å². The normalized spacial score (nSPS) is 12.0. The third-order valence-corrected chi connectivity index (χ3v) is 6.80. The number of rotatable bonds is 8. The summed E-state index contributed by atoms with van der Waals surface area (Å²) in [5, 5.41) is 7.50. The van der Waals surface area contributed by atoms with Crippen LogP contribution in [0.5, 0.6) is 0 Å². The zero-order valence-electron chi connectivity index (χ0n) is 17.7. The molecule has 0 aliphatic carbocycles. The monoisotopic (exact) mass is 439 g/mol. The van der Waals surface area contributed by atoms with Gasteiger partial charge in [0.2, 0.25) is 9.84 Å². The fourth-order valence-corrected chi connectivity index (χ4v) is 5.01. The highest BCUT2D eigenvalue weighted by atomic mass is 32.2. The van der Waals surface area contributed by atoms with Crippen molar-refractivity contribution < 1.29 is 12.8 Å². The number of sulfone groups is 1. The fraction of sp³-hybridized carbons (Fsp3) is 0.273. The van der Waals surface area contributed by atoms with Crippen molar-refractivity contribution in [1.82, 2.24) is 19.5 Å². The summed E-state index contributed by atoms with van der Waals surface area (Å²) in [6, 6.07) is 13.8. The van der Waals surface area contributed by atoms with Crippen LogP contribution >= 0.6 is 0 Å². The van der Waals surface area contributed by atoms with Crippen LogP contribution in [0.25, 0.3) is 17.1 Å². The van der Waals surface area contributed by atoms with Crippen molar-refractivity contribution in [3.63, 3.8) is 0 Å². The Balaban J connectivity index is 1.95. The molecule has 9 heteroatoms. The molecule has 1 N–H and O–H groups in total. The van der Waals surface area contributed by atoms with E-state index in [-0.39, 0.29) is 21.3 Å². The minimum Gasteiger partial charge on any atom is -0.463 e. The summed E-state index contributed by atoms with van der Waals surface area (Å²) in [5.74, 6) is 0.841. The van der Waals surface area contributed by atoms with Gasteiger partial charge in [0.1, 0.15) is 5.69 Å². The predicted molar refractivity (Wildman–Crippen MR) is 119 cm³/mol. The number of benzene rings is 1. The molecule has 3 heterocycles. The van der Waals surface area contributed by atoms with Gasteiger partial charge in [0.05, 0.1) is 11.2 Å². The standard InChI is InChI=1S/C22H25N5O3S/c1-23-21-20(31(28,29)17-10-5-4-6-11-17)22-24-18(19-12-8-14-30-19)15-16(27(22)25-21)9-7-13-26(2)3/h4-6,8,10-12,14-15H,7,9,13H2,1-3H3,(H,23,25). The Morgan fingerprint density at radius 2 is 1.90 bits per heavy atom. The second-order valence-electron chi connectivity index (χ2n) is 7.50. The van der Waals surface area contributed by atoms with Crippen molar-refractivity contribution in [3.8, 4) is 11.5 Å². The zero-order chi connectivity index (χ0) is 22.0. The van der Waals surface area contributed by atoms with E-state index in [0.717, 1.165) is 18.7 Å². The van der Waals surface area contributed by atoms with Gasteiger partial charge in [-0.15, -0.1) is 5.10 Å². The molecule has 0 fully saturated rings. The smallest absolute Gasteiger partial charge is 0.214 e. The third-order valence-electron chi connectivity index (χ3n) is 4.99. The molecule has 0 radical (unpaired) electrons. The first kappa shape index (κ1) is 21.1. The van der Waals surface area contributed by atoms with E-state index in [1.807, 2.05) is 26.2 Å². The molecule has 0 aliphatic rings. The van der Waals surface area contributed by atoms with Gasteiger partial charge in [0.25, 0.3) is 0 Å². The number of furan rings is 1. The summed E-state index contributed by atoms with van der Waals surface area (Å²) in [5.41, 5.74) is 1.72. The summed E-state index contributed by atoms with van der Waals surface area (Å²) >= 11 is 0. The van der Waals surface area contributed by atoms with Crippen molar-refractivity contribution in [2.24, 2.45) is 0 Å². The van der Waals surface area contributed by atoms with Crippen LogP contribution in [0.4, 0.5) is 5.82 Å². The number of fused-ring (bicyclic) bond motifs is 1. The molecule has 31 heavy (non-hydrogen) atoms. The van der Waals surface area contributed by atoms with Gasteiger partial charge in [-0.2, -0.15) is 0 Å². The average molecular weight is 440 g/mol. The Kier molecular flexibility index (Phi) is 5.79. The number of nitrogens with one attached hydrogen (secondary N) is 1. The van der Waals surface area contributed by atoms with E-state index in [1.165, 1.54) is 0 Å². The molecule has 0 saturated heterocycles. The van der Waals surface area contributed by atoms with Crippen LogP contribution in [0, 0.1) is 0 Å². The molecule has 0 amide bonds. The van der Waals surface area contributed by atoms with Crippen molar-refractivity contribution in [2.45, 2.75) is 22.6 Å². The number of aryl methyl sites for hydroxylation is 1. The van der Waals surface area contributed by atoms with Crippen molar-refractivity contribution >= 4 is 21.3 Å². The Morgan fingerprint density at radius 1 is 1.13 bits per heavy atom. The van der Waals surface area contributed by atoms with Crippen LogP contribution in [0.2, 0.25) is 0 Å². The van der Waals surface area contributed by atoms with Crippen LogP contribution in [-0.4, -0.2) is 55.6 Å². The molecule has 8 nitrogen and oxygen atoms in total. The number of hydrogen-bond donors (Lipinski definition) is 1. The van der Waals surface area contributed by atoms with Gasteiger partial charge in [0, 0.05) is 12.7 Å². The van der Waals surface area contributed by atoms with E-state index in [4.69, 9.17) is 4.42 Å². The van der Waals surface area contributed by atoms with Gasteiger partial charge >= 0.3 is 0 Å². The maximum absolute atomic E-state index is 13.5. The van der Waals surface area contributed by atoms with E-state index in [9.17, 15) is 8.42 Å². The molecule has 1 aromatic carbocycles. The maximum Gasteiger partial charge on any atom is 0.214 e. The van der Waals surface area contributed by atoms with Crippen LogP contribution in [0.15, 0.2) is 69.0 Å². The van der Waals surface area contributed by atoms with Crippen LogP contribution in [0.1, 0.15) is 12.1 Å². The number of hydrogen-bond acceptors (Lipinski definition) is 7. The van der Waals surface area contributed by atoms with Crippen LogP contribution < -0.4 is 5.32 Å². The minimum absolute atomic E-state index is 0.0588. The largest absolute Gasteiger partial charge is 0.463 e. The Bertz CT molecular complexity index is 1280. The molecule has 4 rings (SSSR count). The lowest BCUT2D eigenvalue weighted by Gasteiger charge is -2.11. The number of anilines is 1. The average Bonchev–Trinajstić information content (AvgIpc) is 3.42. The molecule has 0 aliphatic heterocycles. The van der Waals surface area contributed by atoms with E-state index in [0.29, 0.717) is 17.9 Å². The van der Waals surface area contributed by atoms with E-state index in [1.54, 1.807) is 54.2 Å². The zero-order valence-corrected chi connectivity index (χ0v) is 18.6. The summed E-state index contributed by atoms with van der Waals surface area (Å²) in [6.07, 6.45) is 3.17. The molecule has 0 saturated carbocycles. The summed E-state index contributed by atoms with van der Waals surface area (Å²) in [4.78, 5) is 7.02. The second-order valence-corrected chi connectivity index (χ2v) is 9.38. The third kappa shape index (κ3) is 4.06. The lowest BCUT2D eigenvalue weighted by molar-refractivity contribution is 0.399. The molecule has 4 aromatic rings. The number of aromatic nitrogens is 3. The molecule has 162 valence electrons. The fourth-order valence-electron chi connectivity index (χ4n) is 3.49. The molecule has 0 atom stereocenters. The van der Waals surface area contributed by atoms with Gasteiger partial charge in [-0.25, -0.2) is 17.9 Å². The molecule has 3 aromatic heterocycles. The first-order chi connectivity index (χ1) is 14.9. The lowest BCUT2D eigenvalue weighted by Crippen LogP contribution is -2.14. The Labute approximate surface area is 181 Å². The first-order valence-electron chi connectivity index (χ1n) is 10.0. The van der Waals surface area contributed by atoms with Crippen molar-refractivity contribution in [2.75, 3.05) is 33.0 Å².